The lowest BCUT2D eigenvalue weighted by molar-refractivity contribution is -0.159. The second-order valence-corrected chi connectivity index (χ2v) is 13.6. The summed E-state index contributed by atoms with van der Waals surface area (Å²) in [5.41, 5.74) is 1.49. The van der Waals surface area contributed by atoms with Crippen LogP contribution in [0.3, 0.4) is 0 Å². The number of thiol groups is 1. The van der Waals surface area contributed by atoms with Crippen molar-refractivity contribution < 1.29 is 28.7 Å². The van der Waals surface area contributed by atoms with Crippen LogP contribution in [0.2, 0.25) is 0 Å². The number of alkyl carbamates (subject to hydrolysis) is 1. The summed E-state index contributed by atoms with van der Waals surface area (Å²) in [6, 6.07) is 11.2. The molecule has 10 heteroatoms. The maximum atomic E-state index is 14.4. The first-order valence-electron chi connectivity index (χ1n) is 14.9. The summed E-state index contributed by atoms with van der Waals surface area (Å²) in [7, 11) is 0. The molecule has 0 radical (unpaired) electrons. The lowest BCUT2D eigenvalue weighted by Crippen LogP contribution is -2.57. The topological polar surface area (TPSA) is 114 Å². The minimum Gasteiger partial charge on any atom is -0.458 e. The van der Waals surface area contributed by atoms with Crippen molar-refractivity contribution in [1.29, 1.82) is 0 Å². The van der Waals surface area contributed by atoms with Crippen LogP contribution >= 0.6 is 12.6 Å². The molecule has 0 aliphatic heterocycles. The molecule has 0 bridgehead atoms. The van der Waals surface area contributed by atoms with E-state index in [1.807, 2.05) is 62.4 Å². The molecule has 0 heterocycles. The Bertz CT molecular complexity index is 1280. The zero-order chi connectivity index (χ0) is 33.4. The summed E-state index contributed by atoms with van der Waals surface area (Å²) in [5.74, 6) is -1.68. The van der Waals surface area contributed by atoms with Gasteiger partial charge in [0.15, 0.2) is 0 Å². The highest BCUT2D eigenvalue weighted by Crippen LogP contribution is 2.30. The Kier molecular flexibility index (Phi) is 12.9. The summed E-state index contributed by atoms with van der Waals surface area (Å²) in [4.78, 5) is 56.2. The van der Waals surface area contributed by atoms with E-state index in [0.29, 0.717) is 5.56 Å². The molecular formula is C34H49N3O6S. The number of carbonyl (C=O) groups excluding carboxylic acids is 4. The van der Waals surface area contributed by atoms with Gasteiger partial charge in [-0.3, -0.25) is 9.59 Å². The zero-order valence-electron chi connectivity index (χ0n) is 27.7. The van der Waals surface area contributed by atoms with Gasteiger partial charge in [-0.05, 0) is 91.5 Å². The van der Waals surface area contributed by atoms with Gasteiger partial charge in [0.05, 0.1) is 0 Å². The number of nitrogens with zero attached hydrogens (tertiary/aromatic N) is 1. The SMILES string of the molecule is Cc1cccc(C)c1C(C(=O)NC(Cc1ccccc1)C(=O)OC(C)(C)C)N(C(=O)C(CS)NC(=O)OC(C)(C)C)C(C)C. The average Bonchev–Trinajstić information content (AvgIpc) is 2.88. The molecule has 0 aliphatic carbocycles. The molecule has 0 fully saturated rings. The molecule has 3 amide bonds. The predicted molar refractivity (Wildman–Crippen MR) is 176 cm³/mol. The molecular weight excluding hydrogens is 578 g/mol. The molecule has 0 aromatic heterocycles. The van der Waals surface area contributed by atoms with Crippen LogP contribution in [0.5, 0.6) is 0 Å². The van der Waals surface area contributed by atoms with Gasteiger partial charge in [0.25, 0.3) is 0 Å². The van der Waals surface area contributed by atoms with E-state index in [2.05, 4.69) is 23.3 Å². The normalized spacial score (nSPS) is 13.8. The molecule has 0 saturated heterocycles. The maximum Gasteiger partial charge on any atom is 0.408 e. The van der Waals surface area contributed by atoms with Gasteiger partial charge in [0, 0.05) is 18.2 Å². The first kappa shape index (κ1) is 36.7. The van der Waals surface area contributed by atoms with E-state index >= 15 is 0 Å². The van der Waals surface area contributed by atoms with Crippen molar-refractivity contribution in [3.05, 3.63) is 70.8 Å². The van der Waals surface area contributed by atoms with E-state index < -0.39 is 59.2 Å². The minimum atomic E-state index is -1.13. The molecule has 0 aliphatic rings. The number of rotatable bonds is 11. The molecule has 9 nitrogen and oxygen atoms in total. The van der Waals surface area contributed by atoms with Gasteiger partial charge in [-0.2, -0.15) is 12.6 Å². The second kappa shape index (κ2) is 15.5. The molecule has 2 aromatic rings. The highest BCUT2D eigenvalue weighted by Gasteiger charge is 2.40. The third kappa shape index (κ3) is 10.9. The molecule has 2 N–H and O–H groups in total. The first-order chi connectivity index (χ1) is 20.3. The van der Waals surface area contributed by atoms with Crippen LogP contribution in [0.4, 0.5) is 4.79 Å². The molecule has 242 valence electrons. The monoisotopic (exact) mass is 627 g/mol. The molecule has 0 saturated carbocycles. The van der Waals surface area contributed by atoms with Crippen LogP contribution in [0.1, 0.15) is 83.7 Å². The highest BCUT2D eigenvalue weighted by molar-refractivity contribution is 7.80. The van der Waals surface area contributed by atoms with Gasteiger partial charge in [0.2, 0.25) is 11.8 Å². The minimum absolute atomic E-state index is 0.0308. The molecule has 2 aromatic carbocycles. The smallest absolute Gasteiger partial charge is 0.408 e. The van der Waals surface area contributed by atoms with Gasteiger partial charge in [-0.15, -0.1) is 0 Å². The number of hydrogen-bond acceptors (Lipinski definition) is 7. The van der Waals surface area contributed by atoms with Crippen molar-refractivity contribution in [3.8, 4) is 0 Å². The fourth-order valence-electron chi connectivity index (χ4n) is 4.82. The predicted octanol–water partition coefficient (Wildman–Crippen LogP) is 5.47. The van der Waals surface area contributed by atoms with Crippen molar-refractivity contribution in [2.24, 2.45) is 0 Å². The molecule has 3 unspecified atom stereocenters. The van der Waals surface area contributed by atoms with Crippen LogP contribution in [-0.2, 0) is 30.3 Å². The summed E-state index contributed by atoms with van der Waals surface area (Å²) < 4.78 is 11.1. The molecule has 44 heavy (non-hydrogen) atoms. The lowest BCUT2D eigenvalue weighted by atomic mass is 9.92. The number of ether oxygens (including phenoxy) is 2. The van der Waals surface area contributed by atoms with Crippen molar-refractivity contribution >= 4 is 36.5 Å². The molecule has 3 atom stereocenters. The Labute approximate surface area is 267 Å². The first-order valence-corrected chi connectivity index (χ1v) is 15.5. The largest absolute Gasteiger partial charge is 0.458 e. The van der Waals surface area contributed by atoms with Gasteiger partial charge in [-0.1, -0.05) is 48.5 Å². The summed E-state index contributed by atoms with van der Waals surface area (Å²) in [5, 5.41) is 5.54. The number of benzene rings is 2. The Morgan fingerprint density at radius 1 is 0.795 bits per heavy atom. The van der Waals surface area contributed by atoms with Crippen LogP contribution in [0.15, 0.2) is 48.5 Å². The average molecular weight is 628 g/mol. The van der Waals surface area contributed by atoms with Crippen molar-refractivity contribution in [2.75, 3.05) is 5.75 Å². The fourth-order valence-corrected chi connectivity index (χ4v) is 5.06. The zero-order valence-corrected chi connectivity index (χ0v) is 28.6. The van der Waals surface area contributed by atoms with Crippen LogP contribution in [-0.4, -0.2) is 63.9 Å². The Morgan fingerprint density at radius 2 is 1.34 bits per heavy atom. The van der Waals surface area contributed by atoms with Crippen LogP contribution < -0.4 is 10.6 Å². The van der Waals surface area contributed by atoms with Gasteiger partial charge >= 0.3 is 12.1 Å². The third-order valence-corrected chi connectivity index (χ3v) is 6.98. The Hall–Kier alpha value is -3.53. The van der Waals surface area contributed by atoms with Gasteiger partial charge in [-0.25, -0.2) is 9.59 Å². The van der Waals surface area contributed by atoms with Gasteiger partial charge < -0.3 is 25.0 Å². The fraction of sp³-hybridized carbons (Fsp3) is 0.529. The molecule has 0 spiro atoms. The molecule has 2 rings (SSSR count). The van der Waals surface area contributed by atoms with E-state index in [9.17, 15) is 19.2 Å². The lowest BCUT2D eigenvalue weighted by Gasteiger charge is -2.38. The van der Waals surface area contributed by atoms with Crippen molar-refractivity contribution in [1.82, 2.24) is 15.5 Å². The highest BCUT2D eigenvalue weighted by atomic mass is 32.1. The van der Waals surface area contributed by atoms with E-state index in [1.165, 1.54) is 4.90 Å². The third-order valence-electron chi connectivity index (χ3n) is 6.61. The number of hydrogen-bond donors (Lipinski definition) is 3. The summed E-state index contributed by atoms with van der Waals surface area (Å²) in [6.07, 6.45) is -0.578. The van der Waals surface area contributed by atoms with Crippen LogP contribution in [0.25, 0.3) is 0 Å². The number of carbonyl (C=O) groups is 4. The Morgan fingerprint density at radius 3 is 1.82 bits per heavy atom. The second-order valence-electron chi connectivity index (χ2n) is 13.2. The van der Waals surface area contributed by atoms with E-state index in [1.54, 1.807) is 55.4 Å². The maximum absolute atomic E-state index is 14.4. The summed E-state index contributed by atoms with van der Waals surface area (Å²) in [6.45, 7) is 17.8. The van der Waals surface area contributed by atoms with E-state index in [-0.39, 0.29) is 12.2 Å². The van der Waals surface area contributed by atoms with Crippen molar-refractivity contribution in [2.45, 2.75) is 111 Å². The number of amides is 3. The quantitative estimate of drug-likeness (QED) is 0.225. The number of aryl methyl sites for hydroxylation is 2. The van der Waals surface area contributed by atoms with Crippen LogP contribution in [0, 0.1) is 13.8 Å². The van der Waals surface area contributed by atoms with Gasteiger partial charge in [0.1, 0.15) is 29.3 Å². The standard InChI is InChI=1S/C34H49N3O6S/c1-21(2)37(30(39)26(20-44)36-32(41)43-34(8,9)10)28(27-22(3)15-14-16-23(27)4)29(38)35-25(31(40)42-33(5,6)7)19-24-17-12-11-13-18-24/h11-18,21,25-26,28,44H,19-20H2,1-10H3,(H,35,38)(H,36,41). The number of nitrogens with one attached hydrogen (secondary N) is 2. The summed E-state index contributed by atoms with van der Waals surface area (Å²) >= 11 is 4.35. The Balaban J connectivity index is 2.61. The van der Waals surface area contributed by atoms with Crippen molar-refractivity contribution in [3.63, 3.8) is 0 Å². The number of esters is 1. The van der Waals surface area contributed by atoms with E-state index in [0.717, 1.165) is 16.7 Å². The van der Waals surface area contributed by atoms with E-state index in [4.69, 9.17) is 9.47 Å².